The number of hydrogen-bond donors (Lipinski definition) is 2. The smallest absolute Gasteiger partial charge is 0.337 e. The molecule has 0 aromatic heterocycles. The number of ether oxygens (including phenoxy) is 1. The van der Waals surface area contributed by atoms with Crippen LogP contribution in [0.1, 0.15) is 5.56 Å². The number of aryl methyl sites for hydroxylation is 1. The molecule has 0 unspecified atom stereocenters. The van der Waals surface area contributed by atoms with Crippen LogP contribution in [0.3, 0.4) is 0 Å². The predicted octanol–water partition coefficient (Wildman–Crippen LogP) is 1.57. The van der Waals surface area contributed by atoms with E-state index in [9.17, 15) is 14.0 Å². The molecule has 8 heteroatoms. The Balaban J connectivity index is 2.41. The average molecular weight is 387 g/mol. The second kappa shape index (κ2) is 7.10. The molecule has 6 nitrogen and oxygen atoms in total. The van der Waals surface area contributed by atoms with Crippen LogP contribution in [0.5, 0.6) is 0 Å². The summed E-state index contributed by atoms with van der Waals surface area (Å²) in [7, 11) is 1.23. The van der Waals surface area contributed by atoms with Crippen LogP contribution in [0, 0.1) is 12.7 Å². The summed E-state index contributed by atoms with van der Waals surface area (Å²) in [6.07, 6.45) is 0. The first-order chi connectivity index (χ1) is 10.9. The molecule has 1 aliphatic rings. The summed E-state index contributed by atoms with van der Waals surface area (Å²) in [4.78, 5) is 25.7. The normalized spacial score (nSPS) is 14.5. The van der Waals surface area contributed by atoms with Gasteiger partial charge in [0.25, 0.3) is 5.91 Å². The van der Waals surface area contributed by atoms with Crippen molar-refractivity contribution >= 4 is 33.5 Å². The van der Waals surface area contributed by atoms with Gasteiger partial charge in [-0.15, -0.1) is 0 Å². The van der Waals surface area contributed by atoms with E-state index in [0.29, 0.717) is 15.7 Å². The van der Waals surface area contributed by atoms with Gasteiger partial charge in [-0.3, -0.25) is 4.79 Å². The topological polar surface area (TPSA) is 78.9 Å². The first-order valence-corrected chi connectivity index (χ1v) is 7.62. The van der Waals surface area contributed by atoms with E-state index in [0.717, 1.165) is 0 Å². The molecule has 2 rings (SSSR count). The van der Waals surface area contributed by atoms with E-state index in [2.05, 4.69) is 21.2 Å². The first kappa shape index (κ1) is 17.4. The van der Waals surface area contributed by atoms with E-state index in [4.69, 9.17) is 9.84 Å². The molecule has 23 heavy (non-hydrogen) atoms. The van der Waals surface area contributed by atoms with Crippen LogP contribution in [0.15, 0.2) is 27.9 Å². The van der Waals surface area contributed by atoms with Crippen LogP contribution in [-0.4, -0.2) is 48.7 Å². The Kier molecular flexibility index (Phi) is 5.38. The highest BCUT2D eigenvalue weighted by atomic mass is 79.9. The van der Waals surface area contributed by atoms with Gasteiger partial charge in [-0.05, 0) is 40.5 Å². The number of β-amino-alcohol motifs (C(OH)–C–C–N with tert-alkyl or cyclic N) is 1. The number of nitrogens with zero attached hydrogens (tertiary/aromatic N) is 1. The number of carbonyl (C=O) groups is 2. The SMILES string of the molecule is COC(=O)C1=C(Nc2c(C)cc(F)cc2Br)C(=O)N(CCO)C1. The van der Waals surface area contributed by atoms with Gasteiger partial charge in [0.05, 0.1) is 31.5 Å². The van der Waals surface area contributed by atoms with Gasteiger partial charge in [-0.1, -0.05) is 0 Å². The van der Waals surface area contributed by atoms with Crippen molar-refractivity contribution in [2.75, 3.05) is 32.1 Å². The third-order valence-corrected chi connectivity index (χ3v) is 4.08. The maximum absolute atomic E-state index is 13.4. The highest BCUT2D eigenvalue weighted by Crippen LogP contribution is 2.31. The average Bonchev–Trinajstić information content (AvgIpc) is 2.79. The van der Waals surface area contributed by atoms with Crippen LogP contribution >= 0.6 is 15.9 Å². The summed E-state index contributed by atoms with van der Waals surface area (Å²) in [5.41, 5.74) is 1.30. The second-order valence-corrected chi connectivity index (χ2v) is 5.85. The van der Waals surface area contributed by atoms with Crippen molar-refractivity contribution in [3.05, 3.63) is 39.3 Å². The molecule has 0 bridgehead atoms. The number of aliphatic hydroxyl groups excluding tert-OH is 1. The highest BCUT2D eigenvalue weighted by molar-refractivity contribution is 9.10. The number of aliphatic hydroxyl groups is 1. The lowest BCUT2D eigenvalue weighted by Gasteiger charge is -2.16. The number of amides is 1. The standard InChI is InChI=1S/C15H16BrFN2O4/c1-8-5-9(17)6-11(16)12(8)18-13-10(15(22)23-2)7-19(3-4-20)14(13)21/h5-6,18,20H,3-4,7H2,1-2H3. The first-order valence-electron chi connectivity index (χ1n) is 6.83. The Bertz CT molecular complexity index is 667. The van der Waals surface area contributed by atoms with E-state index in [1.54, 1.807) is 6.92 Å². The number of esters is 1. The van der Waals surface area contributed by atoms with Gasteiger partial charge in [0.1, 0.15) is 11.5 Å². The Morgan fingerprint density at radius 2 is 2.22 bits per heavy atom. The molecule has 0 spiro atoms. The fourth-order valence-corrected chi connectivity index (χ4v) is 2.97. The van der Waals surface area contributed by atoms with Gasteiger partial charge in [0.15, 0.2) is 0 Å². The fourth-order valence-electron chi connectivity index (χ4n) is 2.33. The monoisotopic (exact) mass is 386 g/mol. The number of benzene rings is 1. The van der Waals surface area contributed by atoms with Gasteiger partial charge in [0, 0.05) is 11.0 Å². The molecule has 0 saturated carbocycles. The number of methoxy groups -OCH3 is 1. The molecule has 2 N–H and O–H groups in total. The molecule has 0 aliphatic carbocycles. The Labute approximate surface area is 141 Å². The summed E-state index contributed by atoms with van der Waals surface area (Å²) in [5.74, 6) is -1.46. The van der Waals surface area contributed by atoms with Gasteiger partial charge in [0.2, 0.25) is 0 Å². The molecule has 1 amide bonds. The third kappa shape index (κ3) is 3.53. The fraction of sp³-hybridized carbons (Fsp3) is 0.333. The maximum Gasteiger partial charge on any atom is 0.337 e. The number of halogens is 2. The molecule has 124 valence electrons. The Hall–Kier alpha value is -1.93. The molecule has 0 atom stereocenters. The third-order valence-electron chi connectivity index (χ3n) is 3.46. The van der Waals surface area contributed by atoms with Gasteiger partial charge in [-0.25, -0.2) is 9.18 Å². The van der Waals surface area contributed by atoms with E-state index in [1.807, 2.05) is 0 Å². The molecular weight excluding hydrogens is 371 g/mol. The zero-order valence-electron chi connectivity index (χ0n) is 12.7. The molecule has 0 fully saturated rings. The van der Waals surface area contributed by atoms with Crippen molar-refractivity contribution in [3.63, 3.8) is 0 Å². The van der Waals surface area contributed by atoms with Crippen molar-refractivity contribution in [1.82, 2.24) is 4.90 Å². The van der Waals surface area contributed by atoms with Gasteiger partial charge in [-0.2, -0.15) is 0 Å². The molecule has 1 heterocycles. The summed E-state index contributed by atoms with van der Waals surface area (Å²) < 4.78 is 18.5. The van der Waals surface area contributed by atoms with Gasteiger partial charge >= 0.3 is 5.97 Å². The quantitative estimate of drug-likeness (QED) is 0.750. The zero-order chi connectivity index (χ0) is 17.1. The zero-order valence-corrected chi connectivity index (χ0v) is 14.2. The van der Waals surface area contributed by atoms with Crippen molar-refractivity contribution in [2.24, 2.45) is 0 Å². The second-order valence-electron chi connectivity index (χ2n) is 5.00. The predicted molar refractivity (Wildman–Crippen MR) is 85.2 cm³/mol. The van der Waals surface area contributed by atoms with Crippen molar-refractivity contribution in [1.29, 1.82) is 0 Å². The lowest BCUT2D eigenvalue weighted by Crippen LogP contribution is -2.31. The number of anilines is 1. The van der Waals surface area contributed by atoms with Crippen molar-refractivity contribution in [2.45, 2.75) is 6.92 Å². The minimum absolute atomic E-state index is 0.0479. The van der Waals surface area contributed by atoms with Crippen LogP contribution in [0.4, 0.5) is 10.1 Å². The lowest BCUT2D eigenvalue weighted by atomic mass is 10.1. The Morgan fingerprint density at radius 3 is 2.78 bits per heavy atom. The minimum atomic E-state index is -0.628. The molecule has 0 radical (unpaired) electrons. The molecular formula is C15H16BrFN2O4. The molecule has 0 saturated heterocycles. The number of carbonyl (C=O) groups excluding carboxylic acids is 2. The van der Waals surface area contributed by atoms with Crippen molar-refractivity contribution < 1.29 is 23.8 Å². The number of nitrogens with one attached hydrogen (secondary N) is 1. The molecule has 1 aromatic rings. The number of rotatable bonds is 5. The largest absolute Gasteiger partial charge is 0.466 e. The minimum Gasteiger partial charge on any atom is -0.466 e. The van der Waals surface area contributed by atoms with Gasteiger partial charge < -0.3 is 20.1 Å². The summed E-state index contributed by atoms with van der Waals surface area (Å²) in [6, 6.07) is 2.58. The van der Waals surface area contributed by atoms with Crippen LogP contribution in [0.25, 0.3) is 0 Å². The summed E-state index contributed by atoms with van der Waals surface area (Å²) >= 11 is 3.24. The lowest BCUT2D eigenvalue weighted by molar-refractivity contribution is -0.136. The number of hydrogen-bond acceptors (Lipinski definition) is 5. The van der Waals surface area contributed by atoms with Crippen LogP contribution < -0.4 is 5.32 Å². The Morgan fingerprint density at radius 1 is 1.52 bits per heavy atom. The van der Waals surface area contributed by atoms with E-state index in [-0.39, 0.29) is 31.0 Å². The summed E-state index contributed by atoms with van der Waals surface area (Å²) in [6.45, 7) is 1.62. The molecule has 1 aromatic carbocycles. The van der Waals surface area contributed by atoms with Crippen LogP contribution in [0.2, 0.25) is 0 Å². The van der Waals surface area contributed by atoms with E-state index >= 15 is 0 Å². The summed E-state index contributed by atoms with van der Waals surface area (Å²) in [5, 5.41) is 11.9. The van der Waals surface area contributed by atoms with E-state index in [1.165, 1.54) is 24.1 Å². The van der Waals surface area contributed by atoms with E-state index < -0.39 is 17.7 Å². The maximum atomic E-state index is 13.4. The van der Waals surface area contributed by atoms with Crippen LogP contribution in [-0.2, 0) is 14.3 Å². The van der Waals surface area contributed by atoms with Crippen molar-refractivity contribution in [3.8, 4) is 0 Å². The highest BCUT2D eigenvalue weighted by Gasteiger charge is 2.34. The molecule has 1 aliphatic heterocycles.